The Morgan fingerprint density at radius 2 is 1.84 bits per heavy atom. The third kappa shape index (κ3) is 2.74. The molecule has 1 aliphatic heterocycles. The SMILES string of the molecule is Cc1ccc(C)c(C(=O)C2CC(C)(C)OC2(C)C)c1. The van der Waals surface area contributed by atoms with Crippen LogP contribution >= 0.6 is 0 Å². The van der Waals surface area contributed by atoms with Crippen LogP contribution in [0.4, 0.5) is 0 Å². The third-order valence-electron chi connectivity index (χ3n) is 4.05. The van der Waals surface area contributed by atoms with Gasteiger partial charge in [-0.15, -0.1) is 0 Å². The van der Waals surface area contributed by atoms with E-state index in [-0.39, 0.29) is 17.3 Å². The van der Waals surface area contributed by atoms with Gasteiger partial charge in [0.15, 0.2) is 5.78 Å². The second-order valence-corrected chi connectivity index (χ2v) is 6.90. The van der Waals surface area contributed by atoms with Crippen LogP contribution in [0.3, 0.4) is 0 Å². The van der Waals surface area contributed by atoms with E-state index in [1.54, 1.807) is 0 Å². The molecule has 1 fully saturated rings. The second kappa shape index (κ2) is 4.45. The van der Waals surface area contributed by atoms with Gasteiger partial charge < -0.3 is 4.74 Å². The Bertz CT molecular complexity index is 512. The van der Waals surface area contributed by atoms with Crippen molar-refractivity contribution in [1.29, 1.82) is 0 Å². The van der Waals surface area contributed by atoms with Crippen LogP contribution in [0.25, 0.3) is 0 Å². The lowest BCUT2D eigenvalue weighted by atomic mass is 9.80. The van der Waals surface area contributed by atoms with Gasteiger partial charge in [-0.25, -0.2) is 0 Å². The molecule has 2 nitrogen and oxygen atoms in total. The standard InChI is InChI=1S/C17H24O2/c1-11-7-8-12(2)13(9-11)15(18)14-10-16(3,4)19-17(14,5)6/h7-9,14H,10H2,1-6H3. The first-order valence-electron chi connectivity index (χ1n) is 6.94. The van der Waals surface area contributed by atoms with Crippen LogP contribution in [0.15, 0.2) is 18.2 Å². The normalized spacial score (nSPS) is 24.4. The highest BCUT2D eigenvalue weighted by Gasteiger charge is 2.49. The lowest BCUT2D eigenvalue weighted by molar-refractivity contribution is -0.0712. The van der Waals surface area contributed by atoms with Crippen molar-refractivity contribution >= 4 is 5.78 Å². The van der Waals surface area contributed by atoms with Crippen molar-refractivity contribution in [2.45, 2.75) is 59.2 Å². The van der Waals surface area contributed by atoms with Gasteiger partial charge in [0.1, 0.15) is 0 Å². The molecule has 0 bridgehead atoms. The van der Waals surface area contributed by atoms with Crippen LogP contribution in [0, 0.1) is 19.8 Å². The maximum absolute atomic E-state index is 12.8. The molecule has 1 aromatic carbocycles. The fourth-order valence-corrected chi connectivity index (χ4v) is 3.16. The molecule has 19 heavy (non-hydrogen) atoms. The number of aryl methyl sites for hydroxylation is 2. The monoisotopic (exact) mass is 260 g/mol. The van der Waals surface area contributed by atoms with Gasteiger partial charge >= 0.3 is 0 Å². The third-order valence-corrected chi connectivity index (χ3v) is 4.05. The van der Waals surface area contributed by atoms with Crippen molar-refractivity contribution < 1.29 is 9.53 Å². The van der Waals surface area contributed by atoms with E-state index < -0.39 is 5.60 Å². The molecule has 1 saturated heterocycles. The van der Waals surface area contributed by atoms with E-state index in [0.717, 1.165) is 23.1 Å². The fourth-order valence-electron chi connectivity index (χ4n) is 3.16. The number of hydrogen-bond donors (Lipinski definition) is 0. The molecule has 0 amide bonds. The summed E-state index contributed by atoms with van der Waals surface area (Å²) in [6.45, 7) is 12.2. The van der Waals surface area contributed by atoms with Gasteiger partial charge in [-0.05, 0) is 59.6 Å². The summed E-state index contributed by atoms with van der Waals surface area (Å²) in [7, 11) is 0. The Kier molecular flexibility index (Phi) is 3.34. The average molecular weight is 260 g/mol. The highest BCUT2D eigenvalue weighted by atomic mass is 16.5. The summed E-state index contributed by atoms with van der Waals surface area (Å²) in [4.78, 5) is 12.8. The summed E-state index contributed by atoms with van der Waals surface area (Å²) >= 11 is 0. The van der Waals surface area contributed by atoms with Gasteiger partial charge in [-0.3, -0.25) is 4.79 Å². The second-order valence-electron chi connectivity index (χ2n) is 6.90. The predicted octanol–water partition coefficient (Wildman–Crippen LogP) is 4.08. The first-order chi connectivity index (χ1) is 8.62. The van der Waals surface area contributed by atoms with E-state index in [1.807, 2.05) is 45.9 Å². The lowest BCUT2D eigenvalue weighted by Crippen LogP contribution is -2.34. The summed E-state index contributed by atoms with van der Waals surface area (Å²) in [6.07, 6.45) is 0.784. The molecule has 0 aliphatic carbocycles. The molecular weight excluding hydrogens is 236 g/mol. The molecule has 0 aromatic heterocycles. The zero-order valence-corrected chi connectivity index (χ0v) is 12.8. The summed E-state index contributed by atoms with van der Waals surface area (Å²) < 4.78 is 6.04. The number of rotatable bonds is 2. The number of carbonyl (C=O) groups is 1. The van der Waals surface area contributed by atoms with Gasteiger partial charge in [0.25, 0.3) is 0 Å². The smallest absolute Gasteiger partial charge is 0.169 e. The van der Waals surface area contributed by atoms with Crippen LogP contribution < -0.4 is 0 Å². The van der Waals surface area contributed by atoms with E-state index in [9.17, 15) is 4.79 Å². The minimum absolute atomic E-state index is 0.0667. The average Bonchev–Trinajstić information content (AvgIpc) is 2.49. The van der Waals surface area contributed by atoms with Gasteiger partial charge in [0.05, 0.1) is 17.1 Å². The Balaban J connectivity index is 2.37. The highest BCUT2D eigenvalue weighted by molar-refractivity contribution is 6.00. The summed E-state index contributed by atoms with van der Waals surface area (Å²) in [6, 6.07) is 6.07. The van der Waals surface area contributed by atoms with Crippen molar-refractivity contribution in [3.63, 3.8) is 0 Å². The minimum atomic E-state index is -0.392. The molecule has 1 aliphatic rings. The van der Waals surface area contributed by atoms with Crippen molar-refractivity contribution in [3.05, 3.63) is 34.9 Å². The molecule has 104 valence electrons. The van der Waals surface area contributed by atoms with Crippen LogP contribution in [0.5, 0.6) is 0 Å². The van der Waals surface area contributed by atoms with Crippen LogP contribution in [0.2, 0.25) is 0 Å². The highest BCUT2D eigenvalue weighted by Crippen LogP contribution is 2.43. The largest absolute Gasteiger partial charge is 0.369 e. The van der Waals surface area contributed by atoms with Gasteiger partial charge in [-0.1, -0.05) is 17.7 Å². The first kappa shape index (κ1) is 14.3. The van der Waals surface area contributed by atoms with E-state index in [1.165, 1.54) is 0 Å². The maximum Gasteiger partial charge on any atom is 0.169 e. The summed E-state index contributed by atoms with van der Waals surface area (Å²) in [5, 5.41) is 0. The Hall–Kier alpha value is -1.15. The summed E-state index contributed by atoms with van der Waals surface area (Å²) in [5.41, 5.74) is 2.42. The van der Waals surface area contributed by atoms with Crippen molar-refractivity contribution in [3.8, 4) is 0 Å². The molecule has 1 unspecified atom stereocenters. The number of benzene rings is 1. The van der Waals surface area contributed by atoms with Crippen molar-refractivity contribution in [1.82, 2.24) is 0 Å². The number of ketones is 1. The first-order valence-corrected chi connectivity index (χ1v) is 6.94. The molecule has 0 spiro atoms. The van der Waals surface area contributed by atoms with E-state index in [4.69, 9.17) is 4.74 Å². The van der Waals surface area contributed by atoms with Crippen molar-refractivity contribution in [2.75, 3.05) is 0 Å². The van der Waals surface area contributed by atoms with Gasteiger partial charge in [-0.2, -0.15) is 0 Å². The Labute approximate surface area is 116 Å². The van der Waals surface area contributed by atoms with E-state index in [0.29, 0.717) is 0 Å². The molecule has 0 N–H and O–H groups in total. The molecule has 0 saturated carbocycles. The van der Waals surface area contributed by atoms with Crippen molar-refractivity contribution in [2.24, 2.45) is 5.92 Å². The predicted molar refractivity (Wildman–Crippen MR) is 77.6 cm³/mol. The molecule has 1 heterocycles. The zero-order valence-electron chi connectivity index (χ0n) is 12.8. The number of ether oxygens (including phenoxy) is 1. The Morgan fingerprint density at radius 1 is 1.21 bits per heavy atom. The van der Waals surface area contributed by atoms with Gasteiger partial charge in [0, 0.05) is 5.56 Å². The minimum Gasteiger partial charge on any atom is -0.369 e. The van der Waals surface area contributed by atoms with E-state index >= 15 is 0 Å². The molecule has 2 heteroatoms. The number of hydrogen-bond acceptors (Lipinski definition) is 2. The Morgan fingerprint density at radius 3 is 2.37 bits per heavy atom. The van der Waals surface area contributed by atoms with Crippen LogP contribution in [-0.4, -0.2) is 17.0 Å². The van der Waals surface area contributed by atoms with Crippen LogP contribution in [-0.2, 0) is 4.74 Å². The van der Waals surface area contributed by atoms with Gasteiger partial charge in [0.2, 0.25) is 0 Å². The van der Waals surface area contributed by atoms with E-state index in [2.05, 4.69) is 13.8 Å². The molecule has 2 rings (SSSR count). The number of carbonyl (C=O) groups excluding carboxylic acids is 1. The maximum atomic E-state index is 12.8. The zero-order chi connectivity index (χ0) is 14.4. The molecule has 0 radical (unpaired) electrons. The summed E-state index contributed by atoms with van der Waals surface area (Å²) in [5.74, 6) is 0.153. The fraction of sp³-hybridized carbons (Fsp3) is 0.588. The molecular formula is C17H24O2. The molecule has 1 atom stereocenters. The van der Waals surface area contributed by atoms with Crippen LogP contribution in [0.1, 0.15) is 55.6 Å². The topological polar surface area (TPSA) is 26.3 Å². The quantitative estimate of drug-likeness (QED) is 0.749. The molecule has 1 aromatic rings. The lowest BCUT2D eigenvalue weighted by Gasteiger charge is -2.27. The number of Topliss-reactive ketones (excluding diaryl/α,β-unsaturated/α-hetero) is 1.